The van der Waals surface area contributed by atoms with Gasteiger partial charge in [0.25, 0.3) is 0 Å². The molecular formula is C40H81NO5. The molecule has 46 heavy (non-hydrogen) atoms. The van der Waals surface area contributed by atoms with Crippen molar-refractivity contribution in [3.63, 3.8) is 0 Å². The van der Waals surface area contributed by atoms with Gasteiger partial charge in [-0.25, -0.2) is 0 Å². The molecule has 0 heterocycles. The summed E-state index contributed by atoms with van der Waals surface area (Å²) in [5.74, 6) is -0.581. The Balaban J connectivity index is 3.72. The van der Waals surface area contributed by atoms with Crippen molar-refractivity contribution in [1.82, 2.24) is 5.32 Å². The summed E-state index contributed by atoms with van der Waals surface area (Å²) in [6, 6.07) is -0.977. The molecule has 0 aliphatic carbocycles. The van der Waals surface area contributed by atoms with E-state index in [2.05, 4.69) is 19.2 Å². The van der Waals surface area contributed by atoms with Gasteiger partial charge in [-0.2, -0.15) is 0 Å². The van der Waals surface area contributed by atoms with Crippen molar-refractivity contribution < 1.29 is 25.2 Å². The first kappa shape index (κ1) is 45.3. The standard InChI is InChI=1S/C40H81NO5/c1-3-5-7-9-11-13-15-17-18-19-20-21-22-24-26-28-30-32-34-38(44)40(46)41-36(35-42)39(45)37(43)33-31-29-27-25-23-16-14-12-10-8-6-4-2/h36-39,42-45H,3-35H2,1-2H3,(H,41,46)/t36-,37?,38-,39+/m1/s1. The van der Waals surface area contributed by atoms with E-state index in [0.29, 0.717) is 12.8 Å². The van der Waals surface area contributed by atoms with Crippen LogP contribution in [0.1, 0.15) is 219 Å². The number of amides is 1. The van der Waals surface area contributed by atoms with Gasteiger partial charge in [-0.3, -0.25) is 4.79 Å². The lowest BCUT2D eigenvalue weighted by Crippen LogP contribution is -2.53. The van der Waals surface area contributed by atoms with Crippen LogP contribution < -0.4 is 5.32 Å². The lowest BCUT2D eigenvalue weighted by Gasteiger charge is -2.27. The third kappa shape index (κ3) is 29.4. The highest BCUT2D eigenvalue weighted by Gasteiger charge is 2.28. The second kappa shape index (κ2) is 35.6. The molecule has 0 rings (SSSR count). The van der Waals surface area contributed by atoms with E-state index in [1.165, 1.54) is 154 Å². The largest absolute Gasteiger partial charge is 0.394 e. The summed E-state index contributed by atoms with van der Waals surface area (Å²) < 4.78 is 0. The highest BCUT2D eigenvalue weighted by Crippen LogP contribution is 2.17. The summed E-state index contributed by atoms with van der Waals surface area (Å²) >= 11 is 0. The average molecular weight is 656 g/mol. The first-order valence-electron chi connectivity index (χ1n) is 20.4. The summed E-state index contributed by atoms with van der Waals surface area (Å²) in [7, 11) is 0. The molecule has 0 saturated heterocycles. The number of carbonyl (C=O) groups excluding carboxylic acids is 1. The van der Waals surface area contributed by atoms with Crippen molar-refractivity contribution in [3.05, 3.63) is 0 Å². The van der Waals surface area contributed by atoms with Gasteiger partial charge in [-0.05, 0) is 12.8 Å². The van der Waals surface area contributed by atoms with Crippen LogP contribution in [0.4, 0.5) is 0 Å². The van der Waals surface area contributed by atoms with E-state index in [9.17, 15) is 25.2 Å². The van der Waals surface area contributed by atoms with E-state index in [0.717, 1.165) is 38.5 Å². The van der Waals surface area contributed by atoms with Crippen LogP contribution in [0.2, 0.25) is 0 Å². The van der Waals surface area contributed by atoms with Crippen molar-refractivity contribution in [1.29, 1.82) is 0 Å². The zero-order valence-corrected chi connectivity index (χ0v) is 30.8. The molecule has 0 saturated carbocycles. The lowest BCUT2D eigenvalue weighted by molar-refractivity contribution is -0.132. The van der Waals surface area contributed by atoms with Gasteiger partial charge in [0.15, 0.2) is 0 Å². The van der Waals surface area contributed by atoms with Crippen LogP contribution >= 0.6 is 0 Å². The molecule has 0 fully saturated rings. The summed E-state index contributed by atoms with van der Waals surface area (Å²) in [4.78, 5) is 12.5. The van der Waals surface area contributed by atoms with Crippen molar-refractivity contribution in [3.8, 4) is 0 Å². The van der Waals surface area contributed by atoms with Crippen LogP contribution in [-0.2, 0) is 4.79 Å². The molecule has 276 valence electrons. The summed E-state index contributed by atoms with van der Waals surface area (Å²) in [6.45, 7) is 4.04. The van der Waals surface area contributed by atoms with E-state index in [1.54, 1.807) is 0 Å². The van der Waals surface area contributed by atoms with Crippen molar-refractivity contribution in [2.24, 2.45) is 0 Å². The van der Waals surface area contributed by atoms with E-state index >= 15 is 0 Å². The number of hydrogen-bond donors (Lipinski definition) is 5. The number of nitrogens with one attached hydrogen (secondary N) is 1. The fourth-order valence-electron chi connectivity index (χ4n) is 6.52. The Morgan fingerprint density at radius 3 is 1.04 bits per heavy atom. The van der Waals surface area contributed by atoms with Crippen LogP contribution in [0.25, 0.3) is 0 Å². The van der Waals surface area contributed by atoms with Gasteiger partial charge in [0.2, 0.25) is 5.91 Å². The molecule has 0 aliphatic rings. The number of aliphatic hydroxyl groups excluding tert-OH is 4. The number of carbonyl (C=O) groups is 1. The Hall–Kier alpha value is -0.690. The highest BCUT2D eigenvalue weighted by atomic mass is 16.3. The van der Waals surface area contributed by atoms with Gasteiger partial charge in [-0.1, -0.05) is 206 Å². The number of rotatable bonds is 37. The van der Waals surface area contributed by atoms with Crippen molar-refractivity contribution >= 4 is 5.91 Å². The molecule has 0 aliphatic heterocycles. The monoisotopic (exact) mass is 656 g/mol. The molecule has 1 unspecified atom stereocenters. The van der Waals surface area contributed by atoms with Crippen LogP contribution in [-0.4, -0.2) is 57.3 Å². The smallest absolute Gasteiger partial charge is 0.249 e. The van der Waals surface area contributed by atoms with Gasteiger partial charge in [0.1, 0.15) is 12.2 Å². The van der Waals surface area contributed by atoms with Crippen LogP contribution in [0, 0.1) is 0 Å². The van der Waals surface area contributed by atoms with E-state index in [4.69, 9.17) is 0 Å². The molecule has 6 nitrogen and oxygen atoms in total. The Bertz CT molecular complexity index is 618. The zero-order valence-electron chi connectivity index (χ0n) is 30.8. The first-order chi connectivity index (χ1) is 22.5. The fourth-order valence-corrected chi connectivity index (χ4v) is 6.52. The summed E-state index contributed by atoms with van der Waals surface area (Å²) in [5.41, 5.74) is 0. The predicted molar refractivity (Wildman–Crippen MR) is 196 cm³/mol. The van der Waals surface area contributed by atoms with Gasteiger partial charge >= 0.3 is 0 Å². The Morgan fingerprint density at radius 2 is 0.739 bits per heavy atom. The van der Waals surface area contributed by atoms with Gasteiger partial charge in [-0.15, -0.1) is 0 Å². The normalized spacial score (nSPS) is 14.3. The van der Waals surface area contributed by atoms with Crippen LogP contribution in [0.15, 0.2) is 0 Å². The van der Waals surface area contributed by atoms with Crippen LogP contribution in [0.3, 0.4) is 0 Å². The fraction of sp³-hybridized carbons (Fsp3) is 0.975. The first-order valence-corrected chi connectivity index (χ1v) is 20.4. The molecule has 4 atom stereocenters. The third-order valence-electron chi connectivity index (χ3n) is 9.82. The third-order valence-corrected chi connectivity index (χ3v) is 9.82. The van der Waals surface area contributed by atoms with E-state index in [-0.39, 0.29) is 0 Å². The Labute approximate surface area is 286 Å². The lowest BCUT2D eigenvalue weighted by atomic mass is 9.99. The predicted octanol–water partition coefficient (Wildman–Crippen LogP) is 10.1. The maximum Gasteiger partial charge on any atom is 0.249 e. The minimum atomic E-state index is -1.25. The summed E-state index contributed by atoms with van der Waals surface area (Å²) in [6.07, 6.45) is 35.5. The Kier molecular flexibility index (Phi) is 35.1. The Morgan fingerprint density at radius 1 is 0.457 bits per heavy atom. The van der Waals surface area contributed by atoms with Gasteiger partial charge in [0, 0.05) is 0 Å². The van der Waals surface area contributed by atoms with Gasteiger partial charge in [0.05, 0.1) is 18.8 Å². The van der Waals surface area contributed by atoms with Gasteiger partial charge < -0.3 is 25.7 Å². The molecule has 5 N–H and O–H groups in total. The minimum absolute atomic E-state index is 0.375. The highest BCUT2D eigenvalue weighted by molar-refractivity contribution is 5.80. The van der Waals surface area contributed by atoms with Crippen molar-refractivity contribution in [2.45, 2.75) is 244 Å². The SMILES string of the molecule is CCCCCCCCCCCCCCCCCCCC[C@@H](O)C(=O)N[C@H](CO)[C@H](O)C(O)CCCCCCCCCCCCCC. The number of unbranched alkanes of at least 4 members (excludes halogenated alkanes) is 28. The number of aliphatic hydroxyl groups is 4. The molecule has 0 aromatic carbocycles. The molecule has 0 bridgehead atoms. The maximum absolute atomic E-state index is 12.5. The van der Waals surface area contributed by atoms with E-state index < -0.39 is 36.9 Å². The maximum atomic E-state index is 12.5. The zero-order chi connectivity index (χ0) is 33.9. The van der Waals surface area contributed by atoms with Crippen LogP contribution in [0.5, 0.6) is 0 Å². The molecule has 0 aromatic rings. The molecule has 0 radical (unpaired) electrons. The van der Waals surface area contributed by atoms with Crippen molar-refractivity contribution in [2.75, 3.05) is 6.61 Å². The quantitative estimate of drug-likeness (QED) is 0.0428. The molecule has 0 aromatic heterocycles. The molecule has 6 heteroatoms. The molecule has 0 spiro atoms. The molecule has 1 amide bonds. The number of hydrogen-bond acceptors (Lipinski definition) is 5. The second-order valence-corrected chi connectivity index (χ2v) is 14.3. The summed E-state index contributed by atoms with van der Waals surface area (Å²) in [5, 5.41) is 43.5. The molecular weight excluding hydrogens is 574 g/mol. The second-order valence-electron chi connectivity index (χ2n) is 14.3. The minimum Gasteiger partial charge on any atom is -0.394 e. The van der Waals surface area contributed by atoms with E-state index in [1.807, 2.05) is 0 Å². The average Bonchev–Trinajstić information content (AvgIpc) is 3.06. The topological polar surface area (TPSA) is 110 Å².